The minimum atomic E-state index is -0.668. The van der Waals surface area contributed by atoms with Crippen LogP contribution in [-0.2, 0) is 4.79 Å². The van der Waals surface area contributed by atoms with Gasteiger partial charge in [-0.1, -0.05) is 27.5 Å². The third-order valence-electron chi connectivity index (χ3n) is 3.53. The maximum absolute atomic E-state index is 12.2. The molecule has 3 aromatic rings. The van der Waals surface area contributed by atoms with Crippen LogP contribution in [0.1, 0.15) is 16.1 Å². The number of furan rings is 1. The predicted molar refractivity (Wildman–Crippen MR) is 118 cm³/mol. The largest absolute Gasteiger partial charge is 0.484 e. The molecule has 2 aromatic carbocycles. The predicted octanol–water partition coefficient (Wildman–Crippen LogP) is 5.21. The molecule has 0 bridgehead atoms. The number of hydrazone groups is 1. The molecule has 0 spiro atoms. The van der Waals surface area contributed by atoms with Gasteiger partial charge in [-0.3, -0.25) is 4.79 Å². The van der Waals surface area contributed by atoms with Crippen LogP contribution in [0.15, 0.2) is 73.3 Å². The summed E-state index contributed by atoms with van der Waals surface area (Å²) < 4.78 is 17.0. The number of nitrogens with zero attached hydrogens (tertiary/aromatic N) is 1. The van der Waals surface area contributed by atoms with Gasteiger partial charge in [0.15, 0.2) is 12.4 Å². The first-order chi connectivity index (χ1) is 14.4. The number of amides is 1. The van der Waals surface area contributed by atoms with Crippen LogP contribution in [0.2, 0.25) is 5.02 Å². The zero-order valence-corrected chi connectivity index (χ0v) is 19.0. The lowest BCUT2D eigenvalue weighted by atomic mass is 10.2. The van der Waals surface area contributed by atoms with Crippen molar-refractivity contribution in [2.75, 3.05) is 6.61 Å². The van der Waals surface area contributed by atoms with Gasteiger partial charge in [0, 0.05) is 15.1 Å². The number of hydrogen-bond acceptors (Lipinski definition) is 6. The van der Waals surface area contributed by atoms with Crippen molar-refractivity contribution in [1.82, 2.24) is 5.43 Å². The molecular weight excluding hydrogens is 543 g/mol. The topological polar surface area (TPSA) is 90.1 Å². The second kappa shape index (κ2) is 10.4. The first kappa shape index (κ1) is 22.1. The summed E-state index contributed by atoms with van der Waals surface area (Å²) in [5, 5.41) is 4.47. The summed E-state index contributed by atoms with van der Waals surface area (Å²) in [6.45, 7) is -0.235. The van der Waals surface area contributed by atoms with Gasteiger partial charge in [-0.25, -0.2) is 10.2 Å². The Balaban J connectivity index is 1.64. The maximum atomic E-state index is 12.2. The monoisotopic (exact) mass is 554 g/mol. The smallest absolute Gasteiger partial charge is 0.379 e. The molecule has 0 unspecified atom stereocenters. The van der Waals surface area contributed by atoms with E-state index in [-0.39, 0.29) is 18.1 Å². The summed E-state index contributed by atoms with van der Waals surface area (Å²) in [5.41, 5.74) is 2.79. The van der Waals surface area contributed by atoms with Gasteiger partial charge in [0.2, 0.25) is 5.76 Å². The Bertz CT molecular complexity index is 1070. The number of carbonyl (C=O) groups is 2. The summed E-state index contributed by atoms with van der Waals surface area (Å²) in [5.74, 6) is -0.362. The van der Waals surface area contributed by atoms with Crippen molar-refractivity contribution >= 4 is 61.6 Å². The molecule has 0 aliphatic heterocycles. The molecule has 0 fully saturated rings. The third kappa shape index (κ3) is 6.19. The van der Waals surface area contributed by atoms with Crippen molar-refractivity contribution in [3.8, 4) is 11.5 Å². The number of benzene rings is 2. The summed E-state index contributed by atoms with van der Waals surface area (Å²) in [7, 11) is 0. The van der Waals surface area contributed by atoms with Gasteiger partial charge < -0.3 is 13.9 Å². The van der Waals surface area contributed by atoms with E-state index in [1.165, 1.54) is 18.5 Å². The standard InChI is InChI=1S/C20H13Br2ClN2O5/c21-13-8-12(19(16(22)9-13)30-20(27)17-2-1-7-28-17)10-24-25-18(26)11-29-15-5-3-14(23)4-6-15/h1-10H,11H2,(H,25,26). The van der Waals surface area contributed by atoms with E-state index >= 15 is 0 Å². The van der Waals surface area contributed by atoms with E-state index in [4.69, 9.17) is 25.5 Å². The Morgan fingerprint density at radius 1 is 1.17 bits per heavy atom. The van der Waals surface area contributed by atoms with Crippen molar-refractivity contribution < 1.29 is 23.5 Å². The van der Waals surface area contributed by atoms with E-state index in [1.54, 1.807) is 42.5 Å². The van der Waals surface area contributed by atoms with Crippen molar-refractivity contribution in [1.29, 1.82) is 0 Å². The molecule has 7 nitrogen and oxygen atoms in total. The minimum absolute atomic E-state index is 0.0559. The summed E-state index contributed by atoms with van der Waals surface area (Å²) in [6, 6.07) is 13.1. The fraction of sp³-hybridized carbons (Fsp3) is 0.0500. The van der Waals surface area contributed by atoms with Gasteiger partial charge >= 0.3 is 5.97 Å². The molecule has 1 heterocycles. The lowest BCUT2D eigenvalue weighted by Gasteiger charge is -2.09. The highest BCUT2D eigenvalue weighted by atomic mass is 79.9. The number of nitrogens with one attached hydrogen (secondary N) is 1. The van der Waals surface area contributed by atoms with E-state index in [0.29, 0.717) is 25.3 Å². The molecule has 0 aliphatic rings. The van der Waals surface area contributed by atoms with Crippen LogP contribution in [-0.4, -0.2) is 24.7 Å². The number of halogens is 3. The fourth-order valence-corrected chi connectivity index (χ4v) is 3.67. The molecule has 0 aliphatic carbocycles. The zero-order valence-electron chi connectivity index (χ0n) is 15.1. The molecule has 1 N–H and O–H groups in total. The zero-order chi connectivity index (χ0) is 21.5. The lowest BCUT2D eigenvalue weighted by molar-refractivity contribution is -0.123. The number of carbonyl (C=O) groups excluding carboxylic acids is 2. The number of hydrogen-bond donors (Lipinski definition) is 1. The summed E-state index contributed by atoms with van der Waals surface area (Å²) in [6.07, 6.45) is 2.72. The van der Waals surface area contributed by atoms with E-state index in [9.17, 15) is 9.59 Å². The van der Waals surface area contributed by atoms with Gasteiger partial charge in [0.1, 0.15) is 5.75 Å². The number of esters is 1. The molecule has 0 radical (unpaired) electrons. The maximum Gasteiger partial charge on any atom is 0.379 e. The average molecular weight is 557 g/mol. The summed E-state index contributed by atoms with van der Waals surface area (Å²) >= 11 is 12.5. The first-order valence-corrected chi connectivity index (χ1v) is 10.3. The number of rotatable bonds is 7. The molecule has 154 valence electrons. The number of ether oxygens (including phenoxy) is 2. The Morgan fingerprint density at radius 3 is 2.63 bits per heavy atom. The molecule has 10 heteroatoms. The van der Waals surface area contributed by atoms with E-state index < -0.39 is 11.9 Å². The Morgan fingerprint density at radius 2 is 1.93 bits per heavy atom. The van der Waals surface area contributed by atoms with Crippen molar-refractivity contribution in [2.24, 2.45) is 5.10 Å². The van der Waals surface area contributed by atoms with Gasteiger partial charge in [-0.15, -0.1) is 0 Å². The molecule has 0 atom stereocenters. The molecule has 1 aromatic heterocycles. The van der Waals surface area contributed by atoms with Crippen molar-refractivity contribution in [3.63, 3.8) is 0 Å². The van der Waals surface area contributed by atoms with Crippen LogP contribution in [0.5, 0.6) is 11.5 Å². The van der Waals surface area contributed by atoms with Gasteiger partial charge in [-0.05, 0) is 64.5 Å². The lowest BCUT2D eigenvalue weighted by Crippen LogP contribution is -2.24. The fourth-order valence-electron chi connectivity index (χ4n) is 2.21. The molecule has 30 heavy (non-hydrogen) atoms. The van der Waals surface area contributed by atoms with Crippen molar-refractivity contribution in [2.45, 2.75) is 0 Å². The van der Waals surface area contributed by atoms with Crippen LogP contribution in [0, 0.1) is 0 Å². The van der Waals surface area contributed by atoms with E-state index in [1.807, 2.05) is 0 Å². The van der Waals surface area contributed by atoms with Crippen LogP contribution in [0.25, 0.3) is 0 Å². The SMILES string of the molecule is O=C(COc1ccc(Cl)cc1)NN=Cc1cc(Br)cc(Br)c1OC(=O)c1ccco1. The first-order valence-electron chi connectivity index (χ1n) is 8.37. The average Bonchev–Trinajstić information content (AvgIpc) is 3.25. The highest BCUT2D eigenvalue weighted by Crippen LogP contribution is 2.32. The Hall–Kier alpha value is -2.62. The normalized spacial score (nSPS) is 10.8. The van der Waals surface area contributed by atoms with Gasteiger partial charge in [-0.2, -0.15) is 5.10 Å². The van der Waals surface area contributed by atoms with Crippen molar-refractivity contribution in [3.05, 3.63) is 80.1 Å². The highest BCUT2D eigenvalue weighted by molar-refractivity contribution is 9.11. The van der Waals surface area contributed by atoms with Crippen LogP contribution in [0.3, 0.4) is 0 Å². The second-order valence-electron chi connectivity index (χ2n) is 5.71. The Labute approximate surface area is 193 Å². The quantitative estimate of drug-likeness (QED) is 0.187. The van der Waals surface area contributed by atoms with Gasteiger partial charge in [0.25, 0.3) is 5.91 Å². The highest BCUT2D eigenvalue weighted by Gasteiger charge is 2.17. The summed E-state index contributed by atoms with van der Waals surface area (Å²) in [4.78, 5) is 24.1. The minimum Gasteiger partial charge on any atom is -0.484 e. The Kier molecular flexibility index (Phi) is 7.67. The van der Waals surface area contributed by atoms with E-state index in [2.05, 4.69) is 42.4 Å². The third-order valence-corrected chi connectivity index (χ3v) is 4.83. The second-order valence-corrected chi connectivity index (χ2v) is 7.92. The molecule has 0 saturated heterocycles. The molecular formula is C20H13Br2ClN2O5. The van der Waals surface area contributed by atoms with Crippen LogP contribution < -0.4 is 14.9 Å². The van der Waals surface area contributed by atoms with Gasteiger partial charge in [0.05, 0.1) is 17.0 Å². The van der Waals surface area contributed by atoms with Crippen LogP contribution >= 0.6 is 43.5 Å². The molecule has 1 amide bonds. The van der Waals surface area contributed by atoms with Crippen LogP contribution in [0.4, 0.5) is 0 Å². The molecule has 0 saturated carbocycles. The van der Waals surface area contributed by atoms with E-state index in [0.717, 1.165) is 0 Å². The molecule has 3 rings (SSSR count).